The second kappa shape index (κ2) is 10.3. The Morgan fingerprint density at radius 2 is 1.81 bits per heavy atom. The van der Waals surface area contributed by atoms with E-state index in [1.807, 2.05) is 38.1 Å². The van der Waals surface area contributed by atoms with E-state index in [2.05, 4.69) is 21.0 Å². The molecule has 2 aromatic rings. The van der Waals surface area contributed by atoms with Gasteiger partial charge in [0, 0.05) is 23.5 Å². The number of hydrogen-bond donors (Lipinski definition) is 5. The standard InChI is InChI=1S/C22H33N5O4/c1-6-13(2)18(20(29)27-23)26-19(28)17(25-21(30)31-22(3,4)5)11-14-12-24-16-10-8-7-9-15(14)16/h7-10,12-13,17-18,24H,6,11,23H2,1-5H3,(H,25,30)(H,26,28)(H,27,29)/t13-,17-,18-/m1/s1. The molecule has 0 saturated heterocycles. The van der Waals surface area contributed by atoms with Crippen molar-refractivity contribution in [3.05, 3.63) is 36.0 Å². The number of aromatic nitrogens is 1. The Labute approximate surface area is 182 Å². The van der Waals surface area contributed by atoms with E-state index in [1.165, 1.54) is 0 Å². The highest BCUT2D eigenvalue weighted by Gasteiger charge is 2.31. The van der Waals surface area contributed by atoms with Crippen molar-refractivity contribution in [3.63, 3.8) is 0 Å². The number of carbonyl (C=O) groups is 3. The fourth-order valence-corrected chi connectivity index (χ4v) is 3.23. The molecule has 1 heterocycles. The number of alkyl carbamates (subject to hydrolysis) is 1. The van der Waals surface area contributed by atoms with Gasteiger partial charge < -0.3 is 20.4 Å². The van der Waals surface area contributed by atoms with E-state index in [4.69, 9.17) is 10.6 Å². The Morgan fingerprint density at radius 3 is 2.42 bits per heavy atom. The number of carbonyl (C=O) groups excluding carboxylic acids is 3. The molecule has 0 spiro atoms. The highest BCUT2D eigenvalue weighted by Crippen LogP contribution is 2.20. The van der Waals surface area contributed by atoms with Gasteiger partial charge in [0.1, 0.15) is 17.7 Å². The number of nitrogens with two attached hydrogens (primary N) is 1. The summed E-state index contributed by atoms with van der Waals surface area (Å²) >= 11 is 0. The molecule has 3 atom stereocenters. The normalized spacial score (nSPS) is 14.4. The molecule has 0 aliphatic carbocycles. The summed E-state index contributed by atoms with van der Waals surface area (Å²) in [5, 5.41) is 6.33. The molecule has 0 unspecified atom stereocenters. The zero-order chi connectivity index (χ0) is 23.2. The summed E-state index contributed by atoms with van der Waals surface area (Å²) in [5.41, 5.74) is 3.16. The molecule has 0 radical (unpaired) electrons. The molecule has 1 aromatic heterocycles. The fourth-order valence-electron chi connectivity index (χ4n) is 3.23. The van der Waals surface area contributed by atoms with Crippen molar-refractivity contribution in [1.82, 2.24) is 21.0 Å². The van der Waals surface area contributed by atoms with Crippen molar-refractivity contribution in [1.29, 1.82) is 0 Å². The van der Waals surface area contributed by atoms with E-state index in [0.717, 1.165) is 16.5 Å². The van der Waals surface area contributed by atoms with Crippen LogP contribution in [0.25, 0.3) is 10.9 Å². The van der Waals surface area contributed by atoms with Gasteiger partial charge in [-0.2, -0.15) is 0 Å². The van der Waals surface area contributed by atoms with Gasteiger partial charge >= 0.3 is 6.09 Å². The predicted molar refractivity (Wildman–Crippen MR) is 119 cm³/mol. The molecule has 0 bridgehead atoms. The Hall–Kier alpha value is -3.07. The van der Waals surface area contributed by atoms with Crippen LogP contribution in [0.5, 0.6) is 0 Å². The maximum absolute atomic E-state index is 13.1. The third-order valence-corrected chi connectivity index (χ3v) is 5.04. The van der Waals surface area contributed by atoms with Gasteiger partial charge in [-0.3, -0.25) is 15.0 Å². The van der Waals surface area contributed by atoms with Crippen LogP contribution < -0.4 is 21.9 Å². The number of nitrogens with one attached hydrogen (secondary N) is 4. The average molecular weight is 432 g/mol. The van der Waals surface area contributed by atoms with Crippen LogP contribution in [0, 0.1) is 5.92 Å². The Balaban J connectivity index is 2.28. The van der Waals surface area contributed by atoms with E-state index in [0.29, 0.717) is 6.42 Å². The van der Waals surface area contributed by atoms with Crippen LogP contribution in [0.4, 0.5) is 4.79 Å². The highest BCUT2D eigenvalue weighted by atomic mass is 16.6. The Morgan fingerprint density at radius 1 is 1.13 bits per heavy atom. The topological polar surface area (TPSA) is 138 Å². The molecule has 3 amide bonds. The Kier molecular flexibility index (Phi) is 8.04. The van der Waals surface area contributed by atoms with Gasteiger partial charge in [0.2, 0.25) is 5.91 Å². The summed E-state index contributed by atoms with van der Waals surface area (Å²) in [5.74, 6) is 4.15. The molecule has 0 saturated carbocycles. The lowest BCUT2D eigenvalue weighted by Gasteiger charge is -2.27. The first-order valence-electron chi connectivity index (χ1n) is 10.4. The number of rotatable bonds is 8. The second-order valence-corrected chi connectivity index (χ2v) is 8.64. The Bertz CT molecular complexity index is 918. The third-order valence-electron chi connectivity index (χ3n) is 5.04. The average Bonchev–Trinajstić information content (AvgIpc) is 3.11. The number of ether oxygens (including phenoxy) is 1. The van der Waals surface area contributed by atoms with E-state index in [1.54, 1.807) is 27.0 Å². The summed E-state index contributed by atoms with van der Waals surface area (Å²) in [6.07, 6.45) is 1.97. The number of hydrogen-bond acceptors (Lipinski definition) is 5. The van der Waals surface area contributed by atoms with E-state index < -0.39 is 35.6 Å². The van der Waals surface area contributed by atoms with Crippen LogP contribution >= 0.6 is 0 Å². The molecule has 9 heteroatoms. The predicted octanol–water partition coefficient (Wildman–Crippen LogP) is 2.12. The highest BCUT2D eigenvalue weighted by molar-refractivity contribution is 5.92. The van der Waals surface area contributed by atoms with E-state index >= 15 is 0 Å². The van der Waals surface area contributed by atoms with Gasteiger partial charge in [0.25, 0.3) is 5.91 Å². The lowest BCUT2D eigenvalue weighted by molar-refractivity contribution is -0.131. The number of benzene rings is 1. The summed E-state index contributed by atoms with van der Waals surface area (Å²) in [4.78, 5) is 40.9. The molecule has 0 aliphatic heterocycles. The number of amides is 3. The zero-order valence-corrected chi connectivity index (χ0v) is 18.7. The second-order valence-electron chi connectivity index (χ2n) is 8.64. The largest absolute Gasteiger partial charge is 0.444 e. The molecule has 170 valence electrons. The molecule has 9 nitrogen and oxygen atoms in total. The van der Waals surface area contributed by atoms with Gasteiger partial charge in [-0.25, -0.2) is 10.6 Å². The minimum atomic E-state index is -0.953. The first kappa shape index (κ1) is 24.2. The summed E-state index contributed by atoms with van der Waals surface area (Å²) in [6.45, 7) is 8.98. The van der Waals surface area contributed by atoms with Crippen molar-refractivity contribution in [2.45, 2.75) is 65.1 Å². The van der Waals surface area contributed by atoms with Gasteiger partial charge in [-0.15, -0.1) is 0 Å². The fraction of sp³-hybridized carbons (Fsp3) is 0.500. The maximum Gasteiger partial charge on any atom is 0.408 e. The van der Waals surface area contributed by atoms with Crippen molar-refractivity contribution in [2.75, 3.05) is 0 Å². The molecular formula is C22H33N5O4. The zero-order valence-electron chi connectivity index (χ0n) is 18.7. The van der Waals surface area contributed by atoms with Gasteiger partial charge in [-0.1, -0.05) is 38.5 Å². The summed E-state index contributed by atoms with van der Waals surface area (Å²) < 4.78 is 5.33. The molecule has 2 rings (SSSR count). The third kappa shape index (κ3) is 6.71. The lowest BCUT2D eigenvalue weighted by atomic mass is 9.97. The molecule has 1 aromatic carbocycles. The van der Waals surface area contributed by atoms with Gasteiger partial charge in [0.15, 0.2) is 0 Å². The first-order valence-corrected chi connectivity index (χ1v) is 10.4. The van der Waals surface area contributed by atoms with Crippen LogP contribution in [0.15, 0.2) is 30.5 Å². The lowest BCUT2D eigenvalue weighted by Crippen LogP contribution is -2.57. The van der Waals surface area contributed by atoms with Gasteiger partial charge in [0.05, 0.1) is 0 Å². The van der Waals surface area contributed by atoms with E-state index in [-0.39, 0.29) is 12.3 Å². The minimum Gasteiger partial charge on any atom is -0.444 e. The maximum atomic E-state index is 13.1. The van der Waals surface area contributed by atoms with Crippen LogP contribution in [-0.2, 0) is 20.7 Å². The SMILES string of the molecule is CC[C@@H](C)[C@@H](NC(=O)[C@@H](Cc1c[nH]c2ccccc12)NC(=O)OC(C)(C)C)C(=O)NN. The number of aromatic amines is 1. The smallest absolute Gasteiger partial charge is 0.408 e. The van der Waals surface area contributed by atoms with Crippen LogP contribution in [0.2, 0.25) is 0 Å². The van der Waals surface area contributed by atoms with Crippen molar-refractivity contribution < 1.29 is 19.1 Å². The molecule has 0 fully saturated rings. The quantitative estimate of drug-likeness (QED) is 0.248. The van der Waals surface area contributed by atoms with Crippen LogP contribution in [0.3, 0.4) is 0 Å². The number of hydrazine groups is 1. The van der Waals surface area contributed by atoms with Crippen molar-refractivity contribution >= 4 is 28.8 Å². The summed E-state index contributed by atoms with van der Waals surface area (Å²) in [6, 6.07) is 5.90. The monoisotopic (exact) mass is 431 g/mol. The summed E-state index contributed by atoms with van der Waals surface area (Å²) in [7, 11) is 0. The molecule has 6 N–H and O–H groups in total. The molecular weight excluding hydrogens is 398 g/mol. The van der Waals surface area contributed by atoms with E-state index in [9.17, 15) is 14.4 Å². The number of para-hydroxylation sites is 1. The number of fused-ring (bicyclic) bond motifs is 1. The molecule has 31 heavy (non-hydrogen) atoms. The van der Waals surface area contributed by atoms with Crippen LogP contribution in [-0.4, -0.2) is 40.6 Å². The van der Waals surface area contributed by atoms with Crippen molar-refractivity contribution in [2.24, 2.45) is 11.8 Å². The van der Waals surface area contributed by atoms with Gasteiger partial charge in [-0.05, 0) is 38.3 Å². The van der Waals surface area contributed by atoms with Crippen LogP contribution in [0.1, 0.15) is 46.6 Å². The van der Waals surface area contributed by atoms with Crippen molar-refractivity contribution in [3.8, 4) is 0 Å². The minimum absolute atomic E-state index is 0.150. The number of H-pyrrole nitrogens is 1. The first-order chi connectivity index (χ1) is 14.6. The molecule has 0 aliphatic rings.